The van der Waals surface area contributed by atoms with E-state index in [1.807, 2.05) is 18.7 Å². The van der Waals surface area contributed by atoms with Crippen LogP contribution < -0.4 is 19.9 Å². The van der Waals surface area contributed by atoms with Crippen LogP contribution in [0.25, 0.3) is 11.3 Å². The van der Waals surface area contributed by atoms with Gasteiger partial charge in [0.15, 0.2) is 11.6 Å². The van der Waals surface area contributed by atoms with E-state index in [0.29, 0.717) is 43.2 Å². The zero-order valence-corrected chi connectivity index (χ0v) is 23.0. The van der Waals surface area contributed by atoms with Crippen molar-refractivity contribution in [1.29, 1.82) is 0 Å². The molecular weight excluding hydrogens is 555 g/mol. The van der Waals surface area contributed by atoms with Gasteiger partial charge in [-0.2, -0.15) is 13.2 Å². The number of pyridine rings is 2. The summed E-state index contributed by atoms with van der Waals surface area (Å²) in [6.07, 6.45) is -0.262. The van der Waals surface area contributed by atoms with Crippen LogP contribution in [0.15, 0.2) is 48.8 Å². The number of nitrogens with one attached hydrogen (secondary N) is 1. The van der Waals surface area contributed by atoms with Crippen LogP contribution in [0.2, 0.25) is 0 Å². The fourth-order valence-corrected chi connectivity index (χ4v) is 5.55. The van der Waals surface area contributed by atoms with E-state index < -0.39 is 23.6 Å². The number of urea groups is 1. The van der Waals surface area contributed by atoms with Crippen molar-refractivity contribution in [1.82, 2.24) is 9.97 Å². The van der Waals surface area contributed by atoms with E-state index >= 15 is 0 Å². The summed E-state index contributed by atoms with van der Waals surface area (Å²) >= 11 is 0. The predicted octanol–water partition coefficient (Wildman–Crippen LogP) is 5.42. The molecule has 3 aromatic rings. The van der Waals surface area contributed by atoms with Gasteiger partial charge in [-0.15, -0.1) is 0 Å². The van der Waals surface area contributed by atoms with E-state index in [-0.39, 0.29) is 41.6 Å². The highest BCUT2D eigenvalue weighted by Crippen LogP contribution is 2.44. The Bertz CT molecular complexity index is 1500. The number of anilines is 3. The van der Waals surface area contributed by atoms with Crippen LogP contribution in [0.3, 0.4) is 0 Å². The molecule has 13 heteroatoms. The smallest absolute Gasteiger partial charge is 0.416 e. The highest BCUT2D eigenvalue weighted by molar-refractivity contribution is 6.04. The van der Waals surface area contributed by atoms with E-state index in [1.165, 1.54) is 35.5 Å². The normalized spacial score (nSPS) is 21.2. The van der Waals surface area contributed by atoms with Crippen LogP contribution in [-0.2, 0) is 15.7 Å². The molecule has 10 nitrogen and oxygen atoms in total. The summed E-state index contributed by atoms with van der Waals surface area (Å²) in [5.74, 6) is -0.256. The van der Waals surface area contributed by atoms with Crippen molar-refractivity contribution in [3.63, 3.8) is 0 Å². The molecule has 0 aliphatic carbocycles. The summed E-state index contributed by atoms with van der Waals surface area (Å²) in [6.45, 7) is 5.53. The number of hydrogen-bond acceptors (Lipinski definition) is 8. The molecule has 222 valence electrons. The predicted molar refractivity (Wildman–Crippen MR) is 148 cm³/mol. The van der Waals surface area contributed by atoms with Gasteiger partial charge in [0.1, 0.15) is 29.9 Å². The van der Waals surface area contributed by atoms with Crippen LogP contribution in [0, 0.1) is 0 Å². The number of benzene rings is 1. The zero-order valence-electron chi connectivity index (χ0n) is 23.0. The number of aromatic nitrogens is 2. The van der Waals surface area contributed by atoms with E-state index in [4.69, 9.17) is 14.2 Å². The largest absolute Gasteiger partial charge is 0.506 e. The number of carbonyl (C=O) groups is 1. The topological polar surface area (TPSA) is 109 Å². The molecule has 42 heavy (non-hydrogen) atoms. The van der Waals surface area contributed by atoms with Gasteiger partial charge in [-0.05, 0) is 38.8 Å². The Morgan fingerprint density at radius 3 is 2.83 bits per heavy atom. The summed E-state index contributed by atoms with van der Waals surface area (Å²) in [7, 11) is 0. The number of ether oxygens (including phenoxy) is 3. The highest BCUT2D eigenvalue weighted by atomic mass is 19.4. The van der Waals surface area contributed by atoms with Gasteiger partial charge < -0.3 is 29.5 Å². The lowest BCUT2D eigenvalue weighted by Gasteiger charge is -2.46. The van der Waals surface area contributed by atoms with Crippen LogP contribution in [0.1, 0.15) is 32.3 Å². The summed E-state index contributed by atoms with van der Waals surface area (Å²) in [6, 6.07) is 6.99. The molecule has 6 rings (SSSR count). The monoisotopic (exact) mass is 585 g/mol. The average molecular weight is 586 g/mol. The minimum Gasteiger partial charge on any atom is -0.506 e. The lowest BCUT2D eigenvalue weighted by molar-refractivity contribution is -0.141. The quantitative estimate of drug-likeness (QED) is 0.409. The Morgan fingerprint density at radius 2 is 2.07 bits per heavy atom. The van der Waals surface area contributed by atoms with Crippen molar-refractivity contribution in [2.24, 2.45) is 0 Å². The number of piperidine rings is 1. The van der Waals surface area contributed by atoms with Gasteiger partial charge in [0.25, 0.3) is 0 Å². The van der Waals surface area contributed by atoms with Crippen molar-refractivity contribution in [2.45, 2.75) is 50.8 Å². The van der Waals surface area contributed by atoms with Gasteiger partial charge in [-0.1, -0.05) is 12.1 Å². The van der Waals surface area contributed by atoms with Crippen molar-refractivity contribution in [2.75, 3.05) is 41.4 Å². The van der Waals surface area contributed by atoms with Gasteiger partial charge in [0.05, 0.1) is 42.0 Å². The van der Waals surface area contributed by atoms with Crippen LogP contribution in [0.4, 0.5) is 35.2 Å². The molecule has 0 saturated carbocycles. The van der Waals surface area contributed by atoms with Gasteiger partial charge in [-0.25, -0.2) is 9.78 Å². The fourth-order valence-electron chi connectivity index (χ4n) is 5.55. The molecule has 2 bridgehead atoms. The Balaban J connectivity index is 1.27. The van der Waals surface area contributed by atoms with Crippen LogP contribution in [0.5, 0.6) is 11.5 Å². The third-order valence-electron chi connectivity index (χ3n) is 7.44. The third kappa shape index (κ3) is 5.66. The van der Waals surface area contributed by atoms with Crippen molar-refractivity contribution in [3.8, 4) is 22.8 Å². The summed E-state index contributed by atoms with van der Waals surface area (Å²) in [4.78, 5) is 26.0. The first-order valence-electron chi connectivity index (χ1n) is 13.6. The minimum atomic E-state index is -4.56. The number of fused-ring (bicyclic) bond motifs is 4. The second-order valence-corrected chi connectivity index (χ2v) is 11.0. The van der Waals surface area contributed by atoms with Crippen LogP contribution in [-0.4, -0.2) is 65.3 Å². The number of nitrogens with zero attached hydrogens (tertiary/aromatic N) is 4. The number of rotatable bonds is 5. The van der Waals surface area contributed by atoms with Crippen molar-refractivity contribution >= 4 is 23.2 Å². The lowest BCUT2D eigenvalue weighted by atomic mass is 9.99. The van der Waals surface area contributed by atoms with Gasteiger partial charge in [-0.3, -0.25) is 9.88 Å². The van der Waals surface area contributed by atoms with Gasteiger partial charge >= 0.3 is 12.2 Å². The first kappa shape index (κ1) is 28.0. The number of halogens is 3. The summed E-state index contributed by atoms with van der Waals surface area (Å²) in [5, 5.41) is 13.7. The zero-order chi connectivity index (χ0) is 29.6. The Labute approximate surface area is 240 Å². The number of aromatic hydroxyl groups is 1. The summed E-state index contributed by atoms with van der Waals surface area (Å²) in [5.41, 5.74) is 0.103. The van der Waals surface area contributed by atoms with Crippen LogP contribution >= 0.6 is 0 Å². The van der Waals surface area contributed by atoms with E-state index in [0.717, 1.165) is 18.6 Å². The first-order chi connectivity index (χ1) is 20.0. The van der Waals surface area contributed by atoms with Crippen molar-refractivity contribution in [3.05, 3.63) is 54.4 Å². The molecule has 0 spiro atoms. The molecule has 1 aromatic carbocycles. The number of alkyl halides is 3. The van der Waals surface area contributed by atoms with Crippen molar-refractivity contribution < 1.29 is 37.3 Å². The Kier molecular flexibility index (Phi) is 7.09. The Morgan fingerprint density at radius 1 is 1.24 bits per heavy atom. The molecule has 5 heterocycles. The third-order valence-corrected chi connectivity index (χ3v) is 7.44. The lowest BCUT2D eigenvalue weighted by Crippen LogP contribution is -2.56. The maximum Gasteiger partial charge on any atom is 0.416 e. The standard InChI is InChI=1S/C29H30F3N5O5/c1-28(2)41-16-22(42-28)15-40-21-10-19(12-33-13-21)34-27(39)37-20-7-4-8-36(14-20)23-11-24(38)25(35-26(23)37)17-5-3-6-18(9-17)29(30,31)32/h3,5-6,9-13,20,22,38H,4,7-8,14-16H2,1-2H3,(H,34,39). The minimum absolute atomic E-state index is 0.0443. The highest BCUT2D eigenvalue weighted by Gasteiger charge is 2.39. The number of carbonyl (C=O) groups excluding carboxylic acids is 1. The van der Waals surface area contributed by atoms with Gasteiger partial charge in [0.2, 0.25) is 0 Å². The van der Waals surface area contributed by atoms with E-state index in [2.05, 4.69) is 15.3 Å². The molecule has 0 radical (unpaired) electrons. The van der Waals surface area contributed by atoms with E-state index in [1.54, 1.807) is 6.07 Å². The second-order valence-electron chi connectivity index (χ2n) is 11.0. The average Bonchev–Trinajstić information content (AvgIpc) is 3.30. The molecule has 2 fully saturated rings. The number of amides is 2. The molecule has 3 aliphatic rings. The molecule has 2 atom stereocenters. The molecule has 2 saturated heterocycles. The molecule has 3 aliphatic heterocycles. The second kappa shape index (κ2) is 10.6. The fraction of sp³-hybridized carbons (Fsp3) is 0.414. The molecular formula is C29H30F3N5O5. The number of hydrogen-bond donors (Lipinski definition) is 2. The maximum absolute atomic E-state index is 13.7. The summed E-state index contributed by atoms with van der Waals surface area (Å²) < 4.78 is 57.3. The molecule has 2 amide bonds. The molecule has 2 aromatic heterocycles. The molecule has 2 unspecified atom stereocenters. The van der Waals surface area contributed by atoms with E-state index in [9.17, 15) is 23.1 Å². The Hall–Kier alpha value is -4.10. The molecule has 2 N–H and O–H groups in total. The first-order valence-corrected chi connectivity index (χ1v) is 13.6. The van der Waals surface area contributed by atoms with Gasteiger partial charge in [0, 0.05) is 30.8 Å². The maximum atomic E-state index is 13.7. The SMILES string of the molecule is CC1(C)OCC(COc2cncc(NC(=O)N3c4nc(-c5cccc(C(F)(F)F)c5)c(O)cc4N4CCCC3C4)c2)O1.